The normalized spacial score (nSPS) is 21.7. The number of aryl methyl sites for hydroxylation is 3. The average molecular weight is 407 g/mol. The van der Waals surface area contributed by atoms with E-state index in [1.54, 1.807) is 0 Å². The summed E-state index contributed by atoms with van der Waals surface area (Å²) < 4.78 is 0. The maximum Gasteiger partial charge on any atom is 0.253 e. The summed E-state index contributed by atoms with van der Waals surface area (Å²) in [4.78, 5) is 34.0. The summed E-state index contributed by atoms with van der Waals surface area (Å²) >= 11 is 0. The standard InChI is InChI=1S/C24H30N4O2/c1-15-11-17(3)22(25-13-15)27-7-9-28(10-8-27)24(30)19-5-6-20(16(2)12-19)21-18(4)14-26-23(21)29/h5-6,11-13,18,21H,7-10,14H2,1-4H3,(H,26,29)/t18?,21-/m1/s1. The van der Waals surface area contributed by atoms with Gasteiger partial charge in [-0.3, -0.25) is 9.59 Å². The zero-order valence-electron chi connectivity index (χ0n) is 18.2. The first-order chi connectivity index (χ1) is 14.3. The van der Waals surface area contributed by atoms with Crippen molar-refractivity contribution in [1.29, 1.82) is 0 Å². The second-order valence-electron chi connectivity index (χ2n) is 8.70. The fourth-order valence-electron chi connectivity index (χ4n) is 4.70. The number of carbonyl (C=O) groups is 2. The minimum atomic E-state index is -0.122. The van der Waals surface area contributed by atoms with Crippen LogP contribution in [0.3, 0.4) is 0 Å². The van der Waals surface area contributed by atoms with E-state index in [2.05, 4.69) is 35.1 Å². The molecule has 1 N–H and O–H groups in total. The molecular weight excluding hydrogens is 376 g/mol. The van der Waals surface area contributed by atoms with Crippen LogP contribution < -0.4 is 10.2 Å². The van der Waals surface area contributed by atoms with Crippen molar-refractivity contribution in [2.75, 3.05) is 37.6 Å². The van der Waals surface area contributed by atoms with Gasteiger partial charge < -0.3 is 15.1 Å². The Morgan fingerprint density at radius 2 is 1.80 bits per heavy atom. The van der Waals surface area contributed by atoms with Crippen LogP contribution in [0.2, 0.25) is 0 Å². The number of piperazine rings is 1. The summed E-state index contributed by atoms with van der Waals surface area (Å²) in [6.07, 6.45) is 1.90. The zero-order valence-corrected chi connectivity index (χ0v) is 18.2. The molecule has 2 aliphatic heterocycles. The number of rotatable bonds is 3. The van der Waals surface area contributed by atoms with Crippen molar-refractivity contribution in [2.45, 2.75) is 33.6 Å². The summed E-state index contributed by atoms with van der Waals surface area (Å²) in [7, 11) is 0. The number of anilines is 1. The average Bonchev–Trinajstić information content (AvgIpc) is 3.06. The molecule has 0 saturated carbocycles. The Morgan fingerprint density at radius 1 is 1.07 bits per heavy atom. The Morgan fingerprint density at radius 3 is 2.40 bits per heavy atom. The fraction of sp³-hybridized carbons (Fsp3) is 0.458. The number of hydrogen-bond acceptors (Lipinski definition) is 4. The lowest BCUT2D eigenvalue weighted by Gasteiger charge is -2.36. The van der Waals surface area contributed by atoms with Gasteiger partial charge in [0.25, 0.3) is 5.91 Å². The molecule has 0 spiro atoms. The highest BCUT2D eigenvalue weighted by molar-refractivity contribution is 5.95. The SMILES string of the molecule is Cc1cnc(N2CCN(C(=O)c3ccc([C@@H]4C(=O)NCC4C)c(C)c3)CC2)c(C)c1. The van der Waals surface area contributed by atoms with E-state index in [4.69, 9.17) is 0 Å². The summed E-state index contributed by atoms with van der Waals surface area (Å²) in [6, 6.07) is 7.93. The molecule has 2 aliphatic rings. The largest absolute Gasteiger partial charge is 0.355 e. The minimum Gasteiger partial charge on any atom is -0.355 e. The van der Waals surface area contributed by atoms with Crippen LogP contribution in [0, 0.1) is 26.7 Å². The van der Waals surface area contributed by atoms with Gasteiger partial charge in [0.15, 0.2) is 0 Å². The highest BCUT2D eigenvalue weighted by Gasteiger charge is 2.34. The number of hydrogen-bond donors (Lipinski definition) is 1. The second-order valence-corrected chi connectivity index (χ2v) is 8.70. The quantitative estimate of drug-likeness (QED) is 0.851. The predicted molar refractivity (Wildman–Crippen MR) is 118 cm³/mol. The lowest BCUT2D eigenvalue weighted by Crippen LogP contribution is -2.49. The number of amides is 2. The smallest absolute Gasteiger partial charge is 0.253 e. The third kappa shape index (κ3) is 3.78. The molecule has 0 radical (unpaired) electrons. The van der Waals surface area contributed by atoms with Crippen LogP contribution in [0.1, 0.15) is 45.5 Å². The number of benzene rings is 1. The van der Waals surface area contributed by atoms with E-state index in [0.717, 1.165) is 35.6 Å². The molecule has 2 aromatic rings. The van der Waals surface area contributed by atoms with E-state index in [1.807, 2.05) is 43.1 Å². The van der Waals surface area contributed by atoms with Crippen molar-refractivity contribution in [3.63, 3.8) is 0 Å². The molecule has 6 heteroatoms. The van der Waals surface area contributed by atoms with Gasteiger partial charge in [0.05, 0.1) is 5.92 Å². The van der Waals surface area contributed by atoms with Crippen molar-refractivity contribution in [3.05, 3.63) is 58.3 Å². The van der Waals surface area contributed by atoms with Crippen molar-refractivity contribution in [2.24, 2.45) is 5.92 Å². The fourth-order valence-corrected chi connectivity index (χ4v) is 4.70. The Hall–Kier alpha value is -2.89. The molecule has 1 aromatic carbocycles. The topological polar surface area (TPSA) is 65.5 Å². The Balaban J connectivity index is 1.44. The van der Waals surface area contributed by atoms with E-state index < -0.39 is 0 Å². The molecule has 1 aromatic heterocycles. The molecule has 2 saturated heterocycles. The van der Waals surface area contributed by atoms with E-state index in [0.29, 0.717) is 25.2 Å². The van der Waals surface area contributed by atoms with Crippen LogP contribution in [-0.2, 0) is 4.79 Å². The van der Waals surface area contributed by atoms with Crippen LogP contribution >= 0.6 is 0 Å². The number of carbonyl (C=O) groups excluding carboxylic acids is 2. The summed E-state index contributed by atoms with van der Waals surface area (Å²) in [6.45, 7) is 11.8. The van der Waals surface area contributed by atoms with Crippen LogP contribution in [0.25, 0.3) is 0 Å². The van der Waals surface area contributed by atoms with E-state index in [-0.39, 0.29) is 23.7 Å². The van der Waals surface area contributed by atoms with Gasteiger partial charge in [-0.1, -0.05) is 19.1 Å². The Labute approximate surface area is 178 Å². The highest BCUT2D eigenvalue weighted by Crippen LogP contribution is 2.31. The van der Waals surface area contributed by atoms with Crippen LogP contribution in [0.4, 0.5) is 5.82 Å². The molecule has 158 valence electrons. The lowest BCUT2D eigenvalue weighted by molar-refractivity contribution is -0.120. The second kappa shape index (κ2) is 8.09. The predicted octanol–water partition coefficient (Wildman–Crippen LogP) is 2.82. The van der Waals surface area contributed by atoms with Gasteiger partial charge in [0.2, 0.25) is 5.91 Å². The molecule has 2 amide bonds. The molecule has 2 atom stereocenters. The minimum absolute atomic E-state index is 0.0572. The Bertz CT molecular complexity index is 979. The number of pyridine rings is 1. The van der Waals surface area contributed by atoms with Crippen molar-refractivity contribution in [1.82, 2.24) is 15.2 Å². The maximum absolute atomic E-state index is 13.1. The maximum atomic E-state index is 13.1. The molecule has 0 bridgehead atoms. The van der Waals surface area contributed by atoms with Gasteiger partial charge in [-0.05, 0) is 61.1 Å². The number of nitrogens with zero attached hydrogens (tertiary/aromatic N) is 3. The van der Waals surface area contributed by atoms with Crippen molar-refractivity contribution in [3.8, 4) is 0 Å². The Kier molecular flexibility index (Phi) is 5.50. The van der Waals surface area contributed by atoms with Gasteiger partial charge in [0.1, 0.15) is 5.82 Å². The monoisotopic (exact) mass is 406 g/mol. The van der Waals surface area contributed by atoms with Crippen LogP contribution in [-0.4, -0.2) is 54.4 Å². The lowest BCUT2D eigenvalue weighted by atomic mass is 9.86. The first-order valence-electron chi connectivity index (χ1n) is 10.7. The van der Waals surface area contributed by atoms with Gasteiger partial charge in [-0.15, -0.1) is 0 Å². The first-order valence-corrected chi connectivity index (χ1v) is 10.7. The van der Waals surface area contributed by atoms with Crippen LogP contribution in [0.15, 0.2) is 30.5 Å². The molecule has 6 nitrogen and oxygen atoms in total. The van der Waals surface area contributed by atoms with E-state index in [1.165, 1.54) is 5.56 Å². The van der Waals surface area contributed by atoms with E-state index in [9.17, 15) is 9.59 Å². The van der Waals surface area contributed by atoms with Crippen molar-refractivity contribution >= 4 is 17.6 Å². The van der Waals surface area contributed by atoms with Gasteiger partial charge in [0, 0.05) is 44.5 Å². The molecule has 2 fully saturated rings. The first kappa shape index (κ1) is 20.4. The summed E-state index contributed by atoms with van der Waals surface area (Å²) in [5.74, 6) is 1.30. The van der Waals surface area contributed by atoms with E-state index >= 15 is 0 Å². The van der Waals surface area contributed by atoms with Crippen LogP contribution in [0.5, 0.6) is 0 Å². The number of nitrogens with one attached hydrogen (secondary N) is 1. The molecular formula is C24H30N4O2. The van der Waals surface area contributed by atoms with Crippen molar-refractivity contribution < 1.29 is 9.59 Å². The van der Waals surface area contributed by atoms with Gasteiger partial charge in [-0.2, -0.15) is 0 Å². The highest BCUT2D eigenvalue weighted by atomic mass is 16.2. The number of aromatic nitrogens is 1. The van der Waals surface area contributed by atoms with Gasteiger partial charge in [-0.25, -0.2) is 4.98 Å². The molecule has 1 unspecified atom stereocenters. The third-order valence-electron chi connectivity index (χ3n) is 6.36. The van der Waals surface area contributed by atoms with Gasteiger partial charge >= 0.3 is 0 Å². The molecule has 3 heterocycles. The summed E-state index contributed by atoms with van der Waals surface area (Å²) in [5, 5.41) is 2.93. The third-order valence-corrected chi connectivity index (χ3v) is 6.36. The molecule has 0 aliphatic carbocycles. The molecule has 4 rings (SSSR count). The summed E-state index contributed by atoms with van der Waals surface area (Å²) in [5.41, 5.74) is 5.06. The zero-order chi connectivity index (χ0) is 21.4. The molecule has 30 heavy (non-hydrogen) atoms.